The first-order valence-electron chi connectivity index (χ1n) is 7.68. The third-order valence-electron chi connectivity index (χ3n) is 4.03. The van der Waals surface area contributed by atoms with E-state index in [4.69, 9.17) is 5.11 Å². The van der Waals surface area contributed by atoms with Crippen LogP contribution in [0, 0.1) is 11.6 Å². The molecule has 1 atom stereocenters. The third-order valence-corrected chi connectivity index (χ3v) is 4.03. The van der Waals surface area contributed by atoms with Gasteiger partial charge in [-0.05, 0) is 43.3 Å². The molecule has 0 radical (unpaired) electrons. The highest BCUT2D eigenvalue weighted by atomic mass is 19.1. The molecule has 0 aliphatic heterocycles. The predicted molar refractivity (Wildman–Crippen MR) is 92.5 cm³/mol. The fourth-order valence-corrected chi connectivity index (χ4v) is 2.65. The van der Waals surface area contributed by atoms with Gasteiger partial charge in [-0.15, -0.1) is 0 Å². The van der Waals surface area contributed by atoms with Gasteiger partial charge in [0.2, 0.25) is 0 Å². The first-order valence-corrected chi connectivity index (χ1v) is 7.68. The van der Waals surface area contributed by atoms with Gasteiger partial charge < -0.3 is 14.7 Å². The quantitative estimate of drug-likeness (QED) is 0.553. The molecule has 0 fully saturated rings. The van der Waals surface area contributed by atoms with Crippen LogP contribution in [0.15, 0.2) is 60.9 Å². The molecule has 0 bridgehead atoms. The van der Waals surface area contributed by atoms with Crippen molar-refractivity contribution < 1.29 is 18.7 Å². The number of carboxylic acid groups (broad SMARTS) is 1. The van der Waals surface area contributed by atoms with Crippen molar-refractivity contribution in [3.8, 4) is 0 Å². The van der Waals surface area contributed by atoms with Crippen LogP contribution in [0.3, 0.4) is 0 Å². The van der Waals surface area contributed by atoms with Crippen molar-refractivity contribution in [3.63, 3.8) is 0 Å². The maximum absolute atomic E-state index is 13.3. The lowest BCUT2D eigenvalue weighted by Gasteiger charge is -2.09. The van der Waals surface area contributed by atoms with Gasteiger partial charge >= 0.3 is 5.97 Å². The number of hydrogen-bond donors (Lipinski definition) is 2. The summed E-state index contributed by atoms with van der Waals surface area (Å²) in [5, 5.41) is 9.97. The number of aliphatic carboxylic acids is 1. The first kappa shape index (κ1) is 16.7. The molecule has 2 aromatic carbocycles. The molecule has 25 heavy (non-hydrogen) atoms. The molecule has 0 saturated heterocycles. The summed E-state index contributed by atoms with van der Waals surface area (Å²) in [5.41, 5.74) is 1.45. The Balaban J connectivity index is 0.000000157. The number of nitrogens with one attached hydrogen (secondary N) is 1. The molecule has 4 rings (SSSR count). The number of hydrogen-bond acceptors (Lipinski definition) is 1. The second-order valence-corrected chi connectivity index (χ2v) is 5.59. The van der Waals surface area contributed by atoms with Gasteiger partial charge in [0, 0.05) is 28.7 Å². The maximum atomic E-state index is 13.3. The van der Waals surface area contributed by atoms with E-state index < -0.39 is 12.0 Å². The number of carbonyl (C=O) groups is 1. The highest BCUT2D eigenvalue weighted by molar-refractivity contribution is 5.83. The number of halogens is 2. The Labute approximate surface area is 142 Å². The van der Waals surface area contributed by atoms with Crippen LogP contribution in [0.25, 0.3) is 21.8 Å². The van der Waals surface area contributed by atoms with Gasteiger partial charge in [0.05, 0.1) is 5.52 Å². The normalized spacial score (nSPS) is 12.0. The van der Waals surface area contributed by atoms with Crippen molar-refractivity contribution in [2.24, 2.45) is 0 Å². The van der Waals surface area contributed by atoms with E-state index >= 15 is 0 Å². The number of H-pyrrole nitrogens is 1. The van der Waals surface area contributed by atoms with Crippen LogP contribution in [0.2, 0.25) is 0 Å². The summed E-state index contributed by atoms with van der Waals surface area (Å²) in [4.78, 5) is 13.7. The van der Waals surface area contributed by atoms with E-state index in [1.807, 2.05) is 6.07 Å². The number of fused-ring (bicyclic) bond motifs is 2. The summed E-state index contributed by atoms with van der Waals surface area (Å²) in [7, 11) is 0. The van der Waals surface area contributed by atoms with Crippen molar-refractivity contribution in [1.29, 1.82) is 0 Å². The first-order chi connectivity index (χ1) is 12.0. The molecule has 0 aliphatic carbocycles. The molecule has 0 spiro atoms. The van der Waals surface area contributed by atoms with Gasteiger partial charge in [0.25, 0.3) is 0 Å². The molecule has 2 heterocycles. The molecule has 0 amide bonds. The second-order valence-electron chi connectivity index (χ2n) is 5.59. The van der Waals surface area contributed by atoms with Crippen molar-refractivity contribution in [2.45, 2.75) is 13.0 Å². The second kappa shape index (κ2) is 6.76. The summed E-state index contributed by atoms with van der Waals surface area (Å²) >= 11 is 0. The molecule has 2 N–H and O–H groups in total. The molecule has 0 aliphatic rings. The minimum atomic E-state index is -0.934. The minimum absolute atomic E-state index is 0.168. The molecule has 0 unspecified atom stereocenters. The Hall–Kier alpha value is -3.15. The molecule has 4 nitrogen and oxygen atoms in total. The Kier molecular flexibility index (Phi) is 4.52. The zero-order chi connectivity index (χ0) is 18.0. The zero-order valence-corrected chi connectivity index (χ0v) is 13.4. The van der Waals surface area contributed by atoms with E-state index in [0.717, 1.165) is 5.52 Å². The Morgan fingerprint density at radius 1 is 1.04 bits per heavy atom. The van der Waals surface area contributed by atoms with Crippen LogP contribution in [0.4, 0.5) is 8.78 Å². The Bertz CT molecular complexity index is 1040. The van der Waals surface area contributed by atoms with E-state index in [1.165, 1.54) is 12.1 Å². The fourth-order valence-electron chi connectivity index (χ4n) is 2.65. The lowest BCUT2D eigenvalue weighted by molar-refractivity contribution is -0.140. The number of benzene rings is 2. The Morgan fingerprint density at radius 2 is 1.72 bits per heavy atom. The molecule has 2 aromatic heterocycles. The lowest BCUT2D eigenvalue weighted by Crippen LogP contribution is -2.14. The van der Waals surface area contributed by atoms with Gasteiger partial charge in [0.1, 0.15) is 17.7 Å². The number of nitrogens with zero attached hydrogens (tertiary/aromatic N) is 1. The standard InChI is InChI=1S/C11H10FNO2.C8H6FN/c1-7(11(14)15)13-6-5-8-9(12)3-2-4-10(8)13;9-7-2-1-3-8-6(7)4-5-10-8/h2-7H,1H3,(H,14,15);1-5,10H/t7-;/m1./s1. The SMILES string of the molecule is C[C@H](C(=O)O)n1ccc2c(F)cccc21.Fc1cccc2[nH]ccc12. The van der Waals surface area contributed by atoms with E-state index in [1.54, 1.807) is 54.2 Å². The summed E-state index contributed by atoms with van der Waals surface area (Å²) in [6, 6.07) is 12.3. The molecular weight excluding hydrogens is 326 g/mol. The van der Waals surface area contributed by atoms with Gasteiger partial charge in [-0.1, -0.05) is 12.1 Å². The van der Waals surface area contributed by atoms with Crippen LogP contribution in [0.5, 0.6) is 0 Å². The van der Waals surface area contributed by atoms with Crippen molar-refractivity contribution in [3.05, 3.63) is 72.6 Å². The largest absolute Gasteiger partial charge is 0.480 e. The summed E-state index contributed by atoms with van der Waals surface area (Å²) in [5.74, 6) is -1.43. The molecule has 6 heteroatoms. The van der Waals surface area contributed by atoms with Crippen LogP contribution in [-0.4, -0.2) is 20.6 Å². The molecule has 128 valence electrons. The van der Waals surface area contributed by atoms with Gasteiger partial charge in [-0.3, -0.25) is 0 Å². The fraction of sp³-hybridized carbons (Fsp3) is 0.105. The zero-order valence-electron chi connectivity index (χ0n) is 13.4. The van der Waals surface area contributed by atoms with E-state index in [2.05, 4.69) is 4.98 Å². The topological polar surface area (TPSA) is 58.0 Å². The highest BCUT2D eigenvalue weighted by Crippen LogP contribution is 2.22. The van der Waals surface area contributed by atoms with Crippen LogP contribution in [0.1, 0.15) is 13.0 Å². The van der Waals surface area contributed by atoms with Crippen molar-refractivity contribution in [2.75, 3.05) is 0 Å². The van der Waals surface area contributed by atoms with Gasteiger partial charge in [-0.2, -0.15) is 0 Å². The van der Waals surface area contributed by atoms with E-state index in [9.17, 15) is 13.6 Å². The maximum Gasteiger partial charge on any atom is 0.326 e. The predicted octanol–water partition coefficient (Wildman–Crippen LogP) is 4.73. The van der Waals surface area contributed by atoms with Gasteiger partial charge in [0.15, 0.2) is 0 Å². The average molecular weight is 342 g/mol. The Morgan fingerprint density at radius 3 is 2.40 bits per heavy atom. The van der Waals surface area contributed by atoms with Crippen molar-refractivity contribution in [1.82, 2.24) is 9.55 Å². The van der Waals surface area contributed by atoms with Crippen molar-refractivity contribution >= 4 is 27.8 Å². The monoisotopic (exact) mass is 342 g/mol. The minimum Gasteiger partial charge on any atom is -0.480 e. The average Bonchev–Trinajstić information content (AvgIpc) is 3.22. The van der Waals surface area contributed by atoms with Crippen LogP contribution >= 0.6 is 0 Å². The summed E-state index contributed by atoms with van der Waals surface area (Å²) in [6.45, 7) is 1.56. The number of carboxylic acids is 1. The van der Waals surface area contributed by atoms with Gasteiger partial charge in [-0.25, -0.2) is 13.6 Å². The van der Waals surface area contributed by atoms with Crippen LogP contribution in [-0.2, 0) is 4.79 Å². The smallest absolute Gasteiger partial charge is 0.326 e. The molecule has 4 aromatic rings. The van der Waals surface area contributed by atoms with E-state index in [-0.39, 0.29) is 11.6 Å². The lowest BCUT2D eigenvalue weighted by atomic mass is 10.2. The molecular formula is C19H16F2N2O2. The molecule has 0 saturated carbocycles. The number of rotatable bonds is 2. The summed E-state index contributed by atoms with van der Waals surface area (Å²) < 4.78 is 27.6. The number of aromatic nitrogens is 2. The summed E-state index contributed by atoms with van der Waals surface area (Å²) in [6.07, 6.45) is 3.32. The third kappa shape index (κ3) is 3.24. The highest BCUT2D eigenvalue weighted by Gasteiger charge is 2.15. The van der Waals surface area contributed by atoms with E-state index in [0.29, 0.717) is 16.3 Å². The van der Waals surface area contributed by atoms with Crippen LogP contribution < -0.4 is 0 Å². The number of aromatic amines is 1.